The third-order valence-corrected chi connectivity index (χ3v) is 3.19. The molecule has 19 heavy (non-hydrogen) atoms. The van der Waals surface area contributed by atoms with Crippen molar-refractivity contribution < 1.29 is 18.7 Å². The number of methoxy groups -OCH3 is 1. The summed E-state index contributed by atoms with van der Waals surface area (Å²) in [7, 11) is 1.32. The van der Waals surface area contributed by atoms with Crippen LogP contribution in [0.5, 0.6) is 0 Å². The minimum absolute atomic E-state index is 0.112. The van der Waals surface area contributed by atoms with Gasteiger partial charge in [0.2, 0.25) is 0 Å². The van der Waals surface area contributed by atoms with Crippen LogP contribution in [-0.4, -0.2) is 32.3 Å². The van der Waals surface area contributed by atoms with Crippen molar-refractivity contribution in [2.45, 2.75) is 25.0 Å². The molecule has 0 saturated carbocycles. The summed E-state index contributed by atoms with van der Waals surface area (Å²) in [5.41, 5.74) is 0.560. The predicted molar refractivity (Wildman–Crippen MR) is 68.1 cm³/mol. The van der Waals surface area contributed by atoms with Crippen LogP contribution in [0.3, 0.4) is 0 Å². The first-order chi connectivity index (χ1) is 9.20. The highest BCUT2D eigenvalue weighted by molar-refractivity contribution is 5.77. The molecule has 0 aliphatic carbocycles. The fourth-order valence-electron chi connectivity index (χ4n) is 2.20. The van der Waals surface area contributed by atoms with Gasteiger partial charge in [-0.1, -0.05) is 12.1 Å². The Balaban J connectivity index is 2.04. The van der Waals surface area contributed by atoms with E-state index < -0.39 is 12.0 Å². The van der Waals surface area contributed by atoms with Crippen molar-refractivity contribution in [3.63, 3.8) is 0 Å². The van der Waals surface area contributed by atoms with Crippen LogP contribution in [0.2, 0.25) is 0 Å². The van der Waals surface area contributed by atoms with Crippen molar-refractivity contribution in [3.8, 4) is 0 Å². The highest BCUT2D eigenvalue weighted by atomic mass is 19.1. The molecule has 1 aliphatic heterocycles. The van der Waals surface area contributed by atoms with E-state index in [0.29, 0.717) is 12.1 Å². The van der Waals surface area contributed by atoms with Gasteiger partial charge in [0.25, 0.3) is 0 Å². The van der Waals surface area contributed by atoms with Crippen LogP contribution in [0.15, 0.2) is 24.3 Å². The Hall–Kier alpha value is -1.46. The predicted octanol–water partition coefficient (Wildman–Crippen LogP) is 1.81. The molecule has 1 aromatic carbocycles. The van der Waals surface area contributed by atoms with Gasteiger partial charge in [0.05, 0.1) is 13.2 Å². The molecule has 104 valence electrons. The lowest BCUT2D eigenvalue weighted by Crippen LogP contribution is -2.35. The maximum atomic E-state index is 13.2. The number of rotatable bonds is 5. The lowest BCUT2D eigenvalue weighted by molar-refractivity contribution is -0.143. The van der Waals surface area contributed by atoms with Crippen LogP contribution in [-0.2, 0) is 14.3 Å². The maximum Gasteiger partial charge on any atom is 0.327 e. The molecule has 0 spiro atoms. The number of carbonyl (C=O) groups excluding carboxylic acids is 1. The molecular weight excluding hydrogens is 249 g/mol. The van der Waals surface area contributed by atoms with Crippen molar-refractivity contribution in [1.82, 2.24) is 5.32 Å². The molecule has 4 nitrogen and oxygen atoms in total. The smallest absolute Gasteiger partial charge is 0.327 e. The van der Waals surface area contributed by atoms with E-state index in [9.17, 15) is 9.18 Å². The number of carbonyl (C=O) groups is 1. The van der Waals surface area contributed by atoms with E-state index in [-0.39, 0.29) is 11.9 Å². The molecule has 0 bridgehead atoms. The summed E-state index contributed by atoms with van der Waals surface area (Å²) in [6.45, 7) is 1.31. The van der Waals surface area contributed by atoms with Gasteiger partial charge in [-0.05, 0) is 30.5 Å². The molecule has 2 atom stereocenters. The first-order valence-corrected chi connectivity index (χ1v) is 6.39. The number of hydrogen-bond acceptors (Lipinski definition) is 4. The van der Waals surface area contributed by atoms with Gasteiger partial charge in [0, 0.05) is 13.2 Å². The number of benzene rings is 1. The van der Waals surface area contributed by atoms with E-state index in [2.05, 4.69) is 5.32 Å². The SMILES string of the molecule is COC(=O)C(NCC1CCCO1)c1cccc(F)c1. The summed E-state index contributed by atoms with van der Waals surface area (Å²) in [4.78, 5) is 11.8. The molecule has 0 radical (unpaired) electrons. The first-order valence-electron chi connectivity index (χ1n) is 6.39. The van der Waals surface area contributed by atoms with E-state index in [1.165, 1.54) is 19.2 Å². The van der Waals surface area contributed by atoms with Gasteiger partial charge in [-0.25, -0.2) is 9.18 Å². The molecule has 1 fully saturated rings. The van der Waals surface area contributed by atoms with Crippen LogP contribution in [0.25, 0.3) is 0 Å². The molecule has 5 heteroatoms. The summed E-state index contributed by atoms with van der Waals surface area (Å²) in [5, 5.41) is 3.09. The van der Waals surface area contributed by atoms with Crippen molar-refractivity contribution in [2.24, 2.45) is 0 Å². The molecule has 0 amide bonds. The van der Waals surface area contributed by atoms with Crippen molar-refractivity contribution in [3.05, 3.63) is 35.6 Å². The van der Waals surface area contributed by atoms with E-state index in [4.69, 9.17) is 9.47 Å². The summed E-state index contributed by atoms with van der Waals surface area (Å²) >= 11 is 0. The van der Waals surface area contributed by atoms with Crippen LogP contribution < -0.4 is 5.32 Å². The summed E-state index contributed by atoms with van der Waals surface area (Å²) in [6.07, 6.45) is 2.12. The average molecular weight is 267 g/mol. The van der Waals surface area contributed by atoms with E-state index in [0.717, 1.165) is 19.4 Å². The second kappa shape index (κ2) is 6.63. The Kier molecular flexibility index (Phi) is 4.87. The monoisotopic (exact) mass is 267 g/mol. The quantitative estimate of drug-likeness (QED) is 0.827. The number of esters is 1. The van der Waals surface area contributed by atoms with Crippen LogP contribution in [0.4, 0.5) is 4.39 Å². The summed E-state index contributed by atoms with van der Waals surface area (Å²) in [6, 6.07) is 5.30. The third kappa shape index (κ3) is 3.75. The Morgan fingerprint density at radius 3 is 3.11 bits per heavy atom. The van der Waals surface area contributed by atoms with Crippen molar-refractivity contribution in [2.75, 3.05) is 20.3 Å². The minimum atomic E-state index is -0.662. The Labute approximate surface area is 111 Å². The van der Waals surface area contributed by atoms with E-state index in [1.807, 2.05) is 0 Å². The van der Waals surface area contributed by atoms with Gasteiger partial charge in [-0.3, -0.25) is 5.32 Å². The zero-order valence-corrected chi connectivity index (χ0v) is 10.9. The number of ether oxygens (including phenoxy) is 2. The van der Waals surface area contributed by atoms with Gasteiger partial charge >= 0.3 is 5.97 Å². The lowest BCUT2D eigenvalue weighted by atomic mass is 10.1. The summed E-state index contributed by atoms with van der Waals surface area (Å²) < 4.78 is 23.5. The Morgan fingerprint density at radius 1 is 1.63 bits per heavy atom. The zero-order chi connectivity index (χ0) is 13.7. The van der Waals surface area contributed by atoms with Crippen LogP contribution >= 0.6 is 0 Å². The Morgan fingerprint density at radius 2 is 2.47 bits per heavy atom. The lowest BCUT2D eigenvalue weighted by Gasteiger charge is -2.19. The standard InChI is InChI=1S/C14H18FNO3/c1-18-14(17)13(10-4-2-5-11(15)8-10)16-9-12-6-3-7-19-12/h2,4-5,8,12-13,16H,3,6-7,9H2,1H3. The van der Waals surface area contributed by atoms with Crippen molar-refractivity contribution in [1.29, 1.82) is 0 Å². The highest BCUT2D eigenvalue weighted by Crippen LogP contribution is 2.17. The number of nitrogens with one attached hydrogen (secondary N) is 1. The van der Waals surface area contributed by atoms with Gasteiger partial charge in [-0.2, -0.15) is 0 Å². The molecule has 1 N–H and O–H groups in total. The highest BCUT2D eigenvalue weighted by Gasteiger charge is 2.24. The molecule has 2 unspecified atom stereocenters. The van der Waals surface area contributed by atoms with Crippen LogP contribution in [0.1, 0.15) is 24.4 Å². The van der Waals surface area contributed by atoms with Gasteiger partial charge in [0.15, 0.2) is 0 Å². The second-order valence-corrected chi connectivity index (χ2v) is 4.55. The molecule has 1 heterocycles. The Bertz CT molecular complexity index is 432. The largest absolute Gasteiger partial charge is 0.468 e. The summed E-state index contributed by atoms with van der Waals surface area (Å²) in [5.74, 6) is -0.797. The molecule has 0 aromatic heterocycles. The van der Waals surface area contributed by atoms with E-state index in [1.54, 1.807) is 12.1 Å². The first kappa shape index (κ1) is 14.0. The fraction of sp³-hybridized carbons (Fsp3) is 0.500. The molecule has 1 aliphatic rings. The zero-order valence-electron chi connectivity index (χ0n) is 10.9. The van der Waals surface area contributed by atoms with Crippen molar-refractivity contribution >= 4 is 5.97 Å². The van der Waals surface area contributed by atoms with Gasteiger partial charge in [-0.15, -0.1) is 0 Å². The molecule has 1 aromatic rings. The van der Waals surface area contributed by atoms with Crippen LogP contribution in [0, 0.1) is 5.82 Å². The molecule has 2 rings (SSSR count). The molecule has 1 saturated heterocycles. The normalized spacial score (nSPS) is 20.2. The minimum Gasteiger partial charge on any atom is -0.468 e. The second-order valence-electron chi connectivity index (χ2n) is 4.55. The molecular formula is C14H18FNO3. The van der Waals surface area contributed by atoms with Gasteiger partial charge < -0.3 is 9.47 Å². The third-order valence-electron chi connectivity index (χ3n) is 3.19. The maximum absolute atomic E-state index is 13.2. The number of hydrogen-bond donors (Lipinski definition) is 1. The average Bonchev–Trinajstić information content (AvgIpc) is 2.92. The fourth-order valence-corrected chi connectivity index (χ4v) is 2.20. The topological polar surface area (TPSA) is 47.6 Å². The van der Waals surface area contributed by atoms with Gasteiger partial charge in [0.1, 0.15) is 11.9 Å². The van der Waals surface area contributed by atoms with E-state index >= 15 is 0 Å². The number of halogens is 1.